The van der Waals surface area contributed by atoms with Crippen LogP contribution < -0.4 is 0 Å². The molecule has 0 fully saturated rings. The molecular formula is C10H9FO. The SMILES string of the molecule is Cc1oc2cc(F)ccc2c1C. The Hall–Kier alpha value is -1.31. The van der Waals surface area contributed by atoms with Gasteiger partial charge in [0.25, 0.3) is 0 Å². The summed E-state index contributed by atoms with van der Waals surface area (Å²) in [7, 11) is 0. The van der Waals surface area contributed by atoms with Gasteiger partial charge < -0.3 is 4.42 Å². The van der Waals surface area contributed by atoms with Gasteiger partial charge in [-0.2, -0.15) is 0 Å². The van der Waals surface area contributed by atoms with E-state index in [1.807, 2.05) is 13.8 Å². The third-order valence-corrected chi connectivity index (χ3v) is 2.14. The summed E-state index contributed by atoms with van der Waals surface area (Å²) < 4.78 is 18.1. The van der Waals surface area contributed by atoms with Gasteiger partial charge in [0.15, 0.2) is 0 Å². The van der Waals surface area contributed by atoms with Gasteiger partial charge in [0.05, 0.1) is 0 Å². The summed E-state index contributed by atoms with van der Waals surface area (Å²) in [6.45, 7) is 3.85. The largest absolute Gasteiger partial charge is 0.461 e. The lowest BCUT2D eigenvalue weighted by atomic mass is 10.1. The Bertz CT molecular complexity index is 429. The minimum atomic E-state index is -0.253. The van der Waals surface area contributed by atoms with Crippen LogP contribution in [0.2, 0.25) is 0 Å². The highest BCUT2D eigenvalue weighted by molar-refractivity contribution is 5.81. The number of hydrogen-bond acceptors (Lipinski definition) is 1. The molecule has 0 radical (unpaired) electrons. The molecule has 1 nitrogen and oxygen atoms in total. The van der Waals surface area contributed by atoms with Crippen molar-refractivity contribution >= 4 is 11.0 Å². The van der Waals surface area contributed by atoms with Crippen LogP contribution in [0.1, 0.15) is 11.3 Å². The van der Waals surface area contributed by atoms with E-state index in [9.17, 15) is 4.39 Å². The fraction of sp³-hybridized carbons (Fsp3) is 0.200. The third kappa shape index (κ3) is 0.916. The number of halogens is 1. The molecule has 2 heteroatoms. The van der Waals surface area contributed by atoms with Crippen LogP contribution in [-0.4, -0.2) is 0 Å². The molecule has 0 N–H and O–H groups in total. The smallest absolute Gasteiger partial charge is 0.137 e. The van der Waals surface area contributed by atoms with E-state index in [0.29, 0.717) is 5.58 Å². The van der Waals surface area contributed by atoms with Crippen LogP contribution in [0.4, 0.5) is 4.39 Å². The zero-order valence-electron chi connectivity index (χ0n) is 7.02. The lowest BCUT2D eigenvalue weighted by Crippen LogP contribution is -1.72. The second kappa shape index (κ2) is 2.34. The Balaban J connectivity index is 2.87. The lowest BCUT2D eigenvalue weighted by molar-refractivity contribution is 0.568. The summed E-state index contributed by atoms with van der Waals surface area (Å²) in [6.07, 6.45) is 0. The molecule has 0 saturated carbocycles. The molecule has 0 bridgehead atoms. The molecule has 0 unspecified atom stereocenters. The van der Waals surface area contributed by atoms with E-state index < -0.39 is 0 Å². The predicted octanol–water partition coefficient (Wildman–Crippen LogP) is 3.19. The molecule has 0 saturated heterocycles. The second-order valence-electron chi connectivity index (χ2n) is 2.92. The van der Waals surface area contributed by atoms with Crippen molar-refractivity contribution < 1.29 is 8.81 Å². The van der Waals surface area contributed by atoms with Crippen LogP contribution in [0.5, 0.6) is 0 Å². The van der Waals surface area contributed by atoms with E-state index in [-0.39, 0.29) is 5.82 Å². The average Bonchev–Trinajstić information content (AvgIpc) is 2.28. The normalized spacial score (nSPS) is 10.9. The van der Waals surface area contributed by atoms with Gasteiger partial charge in [-0.05, 0) is 31.5 Å². The van der Waals surface area contributed by atoms with Crippen molar-refractivity contribution in [2.45, 2.75) is 13.8 Å². The Morgan fingerprint density at radius 1 is 1.25 bits per heavy atom. The molecule has 0 atom stereocenters. The Labute approximate surface area is 69.8 Å². The molecule has 0 aliphatic rings. The number of hydrogen-bond donors (Lipinski definition) is 0. The maximum Gasteiger partial charge on any atom is 0.137 e. The minimum absolute atomic E-state index is 0.253. The molecule has 12 heavy (non-hydrogen) atoms. The van der Waals surface area contributed by atoms with E-state index in [1.54, 1.807) is 6.07 Å². The Morgan fingerprint density at radius 3 is 2.75 bits per heavy atom. The zero-order chi connectivity index (χ0) is 8.72. The molecule has 2 aromatic rings. The maximum absolute atomic E-state index is 12.7. The van der Waals surface area contributed by atoms with Gasteiger partial charge >= 0.3 is 0 Å². The first-order chi connectivity index (χ1) is 5.68. The molecule has 0 amide bonds. The van der Waals surface area contributed by atoms with Crippen molar-refractivity contribution in [2.75, 3.05) is 0 Å². The van der Waals surface area contributed by atoms with Gasteiger partial charge in [-0.1, -0.05) is 0 Å². The van der Waals surface area contributed by atoms with Crippen LogP contribution in [-0.2, 0) is 0 Å². The van der Waals surface area contributed by atoms with Crippen molar-refractivity contribution in [3.63, 3.8) is 0 Å². The topological polar surface area (TPSA) is 13.1 Å². The van der Waals surface area contributed by atoms with E-state index in [1.165, 1.54) is 12.1 Å². The van der Waals surface area contributed by atoms with Crippen LogP contribution in [0.3, 0.4) is 0 Å². The van der Waals surface area contributed by atoms with Crippen LogP contribution in [0, 0.1) is 19.7 Å². The Kier molecular flexibility index (Phi) is 1.43. The van der Waals surface area contributed by atoms with Crippen molar-refractivity contribution in [2.24, 2.45) is 0 Å². The molecular weight excluding hydrogens is 155 g/mol. The summed E-state index contributed by atoms with van der Waals surface area (Å²) in [5.41, 5.74) is 1.72. The van der Waals surface area contributed by atoms with Crippen LogP contribution in [0.15, 0.2) is 22.6 Å². The van der Waals surface area contributed by atoms with E-state index in [4.69, 9.17) is 4.42 Å². The molecule has 0 aliphatic carbocycles. The van der Waals surface area contributed by atoms with Gasteiger partial charge in [0, 0.05) is 11.5 Å². The molecule has 0 spiro atoms. The highest BCUT2D eigenvalue weighted by Crippen LogP contribution is 2.24. The average molecular weight is 164 g/mol. The van der Waals surface area contributed by atoms with Crippen molar-refractivity contribution in [3.8, 4) is 0 Å². The summed E-state index contributed by atoms with van der Waals surface area (Å²) in [4.78, 5) is 0. The molecule has 2 rings (SSSR count). The molecule has 1 aromatic carbocycles. The first-order valence-electron chi connectivity index (χ1n) is 3.84. The zero-order valence-corrected chi connectivity index (χ0v) is 7.02. The van der Waals surface area contributed by atoms with Crippen LogP contribution in [0.25, 0.3) is 11.0 Å². The van der Waals surface area contributed by atoms with Gasteiger partial charge in [0.2, 0.25) is 0 Å². The van der Waals surface area contributed by atoms with Crippen molar-refractivity contribution in [1.82, 2.24) is 0 Å². The quantitative estimate of drug-likeness (QED) is 0.582. The summed E-state index contributed by atoms with van der Waals surface area (Å²) in [6, 6.07) is 4.61. The molecule has 0 aliphatic heterocycles. The summed E-state index contributed by atoms with van der Waals surface area (Å²) in [5.74, 6) is 0.604. The van der Waals surface area contributed by atoms with Gasteiger partial charge in [-0.3, -0.25) is 0 Å². The standard InChI is InChI=1S/C10H9FO/c1-6-7(2)12-10-5-8(11)3-4-9(6)10/h3-5H,1-2H3. The van der Waals surface area contributed by atoms with E-state index in [0.717, 1.165) is 16.7 Å². The highest BCUT2D eigenvalue weighted by Gasteiger charge is 2.06. The summed E-state index contributed by atoms with van der Waals surface area (Å²) in [5, 5.41) is 0.994. The number of aryl methyl sites for hydroxylation is 2. The summed E-state index contributed by atoms with van der Waals surface area (Å²) >= 11 is 0. The molecule has 1 heterocycles. The van der Waals surface area contributed by atoms with E-state index >= 15 is 0 Å². The number of rotatable bonds is 0. The number of fused-ring (bicyclic) bond motifs is 1. The van der Waals surface area contributed by atoms with Gasteiger partial charge in [-0.15, -0.1) is 0 Å². The highest BCUT2D eigenvalue weighted by atomic mass is 19.1. The number of furan rings is 1. The third-order valence-electron chi connectivity index (χ3n) is 2.14. The maximum atomic E-state index is 12.7. The second-order valence-corrected chi connectivity index (χ2v) is 2.92. The van der Waals surface area contributed by atoms with Crippen LogP contribution >= 0.6 is 0 Å². The van der Waals surface area contributed by atoms with Gasteiger partial charge in [0.1, 0.15) is 17.2 Å². The molecule has 1 aromatic heterocycles. The van der Waals surface area contributed by atoms with Crippen molar-refractivity contribution in [1.29, 1.82) is 0 Å². The van der Waals surface area contributed by atoms with Crippen molar-refractivity contribution in [3.05, 3.63) is 35.3 Å². The first kappa shape index (κ1) is 7.35. The predicted molar refractivity (Wildman–Crippen MR) is 45.6 cm³/mol. The molecule has 62 valence electrons. The fourth-order valence-electron chi connectivity index (χ4n) is 1.32. The lowest BCUT2D eigenvalue weighted by Gasteiger charge is -1.88. The monoisotopic (exact) mass is 164 g/mol. The van der Waals surface area contributed by atoms with Gasteiger partial charge in [-0.25, -0.2) is 4.39 Å². The van der Waals surface area contributed by atoms with E-state index in [2.05, 4.69) is 0 Å². The Morgan fingerprint density at radius 2 is 2.00 bits per heavy atom. The number of benzene rings is 1. The first-order valence-corrected chi connectivity index (χ1v) is 3.84. The minimum Gasteiger partial charge on any atom is -0.461 e. The fourth-order valence-corrected chi connectivity index (χ4v) is 1.32.